The Morgan fingerprint density at radius 3 is 2.02 bits per heavy atom. The zero-order chi connectivity index (χ0) is 40.4. The van der Waals surface area contributed by atoms with Crippen LogP contribution >= 0.6 is 0 Å². The Morgan fingerprint density at radius 2 is 1.33 bits per heavy atom. The summed E-state index contributed by atoms with van der Waals surface area (Å²) in [6.07, 6.45) is 3.49. The molecule has 0 amide bonds. The lowest BCUT2D eigenvalue weighted by Crippen LogP contribution is -2.37. The molecule has 0 radical (unpaired) electrons. The van der Waals surface area contributed by atoms with Gasteiger partial charge in [-0.3, -0.25) is 10.2 Å². The summed E-state index contributed by atoms with van der Waals surface area (Å²) in [5, 5.41) is 33.5. The van der Waals surface area contributed by atoms with E-state index in [0.29, 0.717) is 92.8 Å². The predicted octanol–water partition coefficient (Wildman–Crippen LogP) is 6.44. The van der Waals surface area contributed by atoms with Gasteiger partial charge in [0.05, 0.1) is 61.2 Å². The molecule has 0 aliphatic carbocycles. The molecule has 10 rings (SSSR count). The number of H-pyrrole nitrogens is 2. The first-order valence-electron chi connectivity index (χ1n) is 19.5. The van der Waals surface area contributed by atoms with Crippen LogP contribution in [-0.2, 0) is 9.47 Å². The number of esters is 1. The molecule has 8 aromatic rings. The molecule has 60 heavy (non-hydrogen) atoms. The Bertz CT molecular complexity index is 2850. The van der Waals surface area contributed by atoms with Crippen molar-refractivity contribution in [3.63, 3.8) is 0 Å². The molecule has 2 aliphatic rings. The largest absolute Gasteiger partial charge is 0.508 e. The molecule has 6 heterocycles. The Morgan fingerprint density at radius 1 is 0.683 bits per heavy atom. The van der Waals surface area contributed by atoms with Gasteiger partial charge in [0.1, 0.15) is 22.9 Å². The summed E-state index contributed by atoms with van der Waals surface area (Å²) in [6.45, 7) is 4.42. The number of phenols is 1. The van der Waals surface area contributed by atoms with Crippen LogP contribution in [0.25, 0.3) is 44.3 Å². The van der Waals surface area contributed by atoms with Crippen molar-refractivity contribution in [3.05, 3.63) is 109 Å². The van der Waals surface area contributed by atoms with E-state index in [0.717, 1.165) is 27.5 Å². The number of anilines is 6. The molecule has 300 valence electrons. The lowest BCUT2D eigenvalue weighted by molar-refractivity contribution is 0.0736. The van der Waals surface area contributed by atoms with E-state index in [1.807, 2.05) is 59.5 Å². The van der Waals surface area contributed by atoms with E-state index >= 15 is 0 Å². The van der Waals surface area contributed by atoms with E-state index in [9.17, 15) is 9.90 Å². The van der Waals surface area contributed by atoms with Crippen molar-refractivity contribution in [2.75, 3.05) is 73.0 Å². The van der Waals surface area contributed by atoms with Crippen LogP contribution in [-0.4, -0.2) is 104 Å². The number of carbonyl (C=O) groups excluding carboxylic acids is 1. The summed E-state index contributed by atoms with van der Waals surface area (Å²) in [4.78, 5) is 38.8. The minimum atomic E-state index is -0.726. The first-order chi connectivity index (χ1) is 29.5. The number of benzene rings is 4. The number of nitrogens with zero attached hydrogens (tertiary/aromatic N) is 8. The molecule has 0 bridgehead atoms. The van der Waals surface area contributed by atoms with Gasteiger partial charge in [-0.2, -0.15) is 20.2 Å². The zero-order valence-electron chi connectivity index (χ0n) is 32.1. The maximum atomic E-state index is 14.9. The second-order valence-electron chi connectivity index (χ2n) is 14.3. The van der Waals surface area contributed by atoms with E-state index in [-0.39, 0.29) is 28.6 Å². The van der Waals surface area contributed by atoms with Gasteiger partial charge in [-0.15, -0.1) is 0 Å². The average molecular weight is 803 g/mol. The number of aromatic nitrogens is 8. The van der Waals surface area contributed by atoms with Crippen molar-refractivity contribution >= 4 is 62.7 Å². The lowest BCUT2D eigenvalue weighted by Gasteiger charge is -2.28. The van der Waals surface area contributed by atoms with Crippen molar-refractivity contribution in [1.82, 2.24) is 40.3 Å². The van der Waals surface area contributed by atoms with E-state index in [1.54, 1.807) is 48.8 Å². The number of fused-ring (bicyclic) bond motifs is 2. The van der Waals surface area contributed by atoms with E-state index in [2.05, 4.69) is 35.9 Å². The smallest absolute Gasteiger partial charge is 0.349 e. The molecular formula is C43H38N12O5. The van der Waals surface area contributed by atoms with Crippen molar-refractivity contribution < 1.29 is 24.1 Å². The summed E-state index contributed by atoms with van der Waals surface area (Å²) >= 11 is 0. The molecule has 17 heteroatoms. The quantitative estimate of drug-likeness (QED) is 0.0746. The number of aromatic hydroxyl groups is 1. The summed E-state index contributed by atoms with van der Waals surface area (Å²) in [5.41, 5.74) is 5.16. The van der Waals surface area contributed by atoms with Gasteiger partial charge in [0.15, 0.2) is 5.82 Å². The van der Waals surface area contributed by atoms with Crippen molar-refractivity contribution in [2.24, 2.45) is 0 Å². The Hall–Kier alpha value is -7.63. The molecular weight excluding hydrogens is 765 g/mol. The lowest BCUT2D eigenvalue weighted by atomic mass is 10.1. The Labute approximate surface area is 342 Å². The fraction of sp³-hybridized carbons (Fsp3) is 0.186. The summed E-state index contributed by atoms with van der Waals surface area (Å²) in [6, 6.07) is 27.2. The second kappa shape index (κ2) is 16.0. The summed E-state index contributed by atoms with van der Waals surface area (Å²) in [5.74, 6) is 1.20. The van der Waals surface area contributed by atoms with Crippen LogP contribution in [0.15, 0.2) is 103 Å². The first kappa shape index (κ1) is 36.7. The van der Waals surface area contributed by atoms with Crippen LogP contribution in [0.1, 0.15) is 10.4 Å². The normalized spacial score (nSPS) is 14.4. The molecule has 0 unspecified atom stereocenters. The maximum absolute atomic E-state index is 14.9. The number of ether oxygens (including phenoxy) is 3. The van der Waals surface area contributed by atoms with Gasteiger partial charge in [-0.1, -0.05) is 24.3 Å². The number of aromatic amines is 2. The molecule has 4 aromatic heterocycles. The minimum absolute atomic E-state index is 0.0116. The van der Waals surface area contributed by atoms with Gasteiger partial charge < -0.3 is 39.8 Å². The molecule has 5 N–H and O–H groups in total. The van der Waals surface area contributed by atoms with Gasteiger partial charge in [-0.25, -0.2) is 14.8 Å². The SMILES string of the molecule is O=C(Oc1ccccc1-c1cc(Nc2ccc3[nH]ncc3c2)nc(N2CCOCC2)n1)c1c(Nc2ccc3[nH]ncc3c2)nc(N2CCOCC2)nc1-c1cccc(O)c1. The molecule has 2 aliphatic heterocycles. The molecule has 4 aromatic carbocycles. The van der Waals surface area contributed by atoms with Crippen LogP contribution in [0.5, 0.6) is 11.5 Å². The highest BCUT2D eigenvalue weighted by Gasteiger charge is 2.28. The fourth-order valence-electron chi connectivity index (χ4n) is 7.28. The van der Waals surface area contributed by atoms with Crippen molar-refractivity contribution in [2.45, 2.75) is 0 Å². The highest BCUT2D eigenvalue weighted by atomic mass is 16.5. The van der Waals surface area contributed by atoms with E-state index in [1.165, 1.54) is 0 Å². The maximum Gasteiger partial charge on any atom is 0.349 e. The fourth-order valence-corrected chi connectivity index (χ4v) is 7.28. The summed E-state index contributed by atoms with van der Waals surface area (Å²) < 4.78 is 17.6. The Balaban J connectivity index is 1.07. The first-order valence-corrected chi connectivity index (χ1v) is 19.5. The van der Waals surface area contributed by atoms with E-state index in [4.69, 9.17) is 34.1 Å². The number of phenolic OH excluding ortho intramolecular Hbond substituents is 1. The number of morpholine rings is 2. The third kappa shape index (κ3) is 7.57. The molecule has 2 fully saturated rings. The van der Waals surface area contributed by atoms with Crippen molar-refractivity contribution in [1.29, 1.82) is 0 Å². The number of nitrogens with one attached hydrogen (secondary N) is 4. The van der Waals surface area contributed by atoms with E-state index < -0.39 is 5.97 Å². The summed E-state index contributed by atoms with van der Waals surface area (Å²) in [7, 11) is 0. The molecule has 0 saturated carbocycles. The predicted molar refractivity (Wildman–Crippen MR) is 226 cm³/mol. The Kier molecular flexibility index (Phi) is 9.76. The standard InChI is InChI=1S/C43H38N12O5/c56-31-5-3-4-26(22-31)39-38(40(51-43(50-39)55-14-18-59-19-15-55)47-30-9-11-34-28(21-30)25-45-53-34)41(57)60-36-7-2-1-6-32(36)35-23-37(49-42(48-35)54-12-16-58-17-13-54)46-29-8-10-33-27(20-29)24-44-52-33/h1-11,20-25,56H,12-19H2,(H,44,52)(H,45,53)(H,46,48,49)(H,47,50,51). The highest BCUT2D eigenvalue weighted by Crippen LogP contribution is 2.37. The second-order valence-corrected chi connectivity index (χ2v) is 14.3. The highest BCUT2D eigenvalue weighted by molar-refractivity contribution is 6.03. The van der Waals surface area contributed by atoms with Crippen LogP contribution in [0, 0.1) is 0 Å². The van der Waals surface area contributed by atoms with Crippen molar-refractivity contribution in [3.8, 4) is 34.0 Å². The van der Waals surface area contributed by atoms with Gasteiger partial charge >= 0.3 is 5.97 Å². The van der Waals surface area contributed by atoms with Gasteiger partial charge in [0, 0.05) is 65.5 Å². The number of rotatable bonds is 10. The average Bonchev–Trinajstić information content (AvgIpc) is 3.96. The van der Waals surface area contributed by atoms with Crippen LogP contribution < -0.4 is 25.2 Å². The molecule has 0 spiro atoms. The third-order valence-corrected chi connectivity index (χ3v) is 10.3. The van der Waals surface area contributed by atoms with Crippen LogP contribution in [0.2, 0.25) is 0 Å². The molecule has 2 saturated heterocycles. The number of hydrogen-bond donors (Lipinski definition) is 5. The van der Waals surface area contributed by atoms with Gasteiger partial charge in [0.2, 0.25) is 11.9 Å². The van der Waals surface area contributed by atoms with Crippen LogP contribution in [0.3, 0.4) is 0 Å². The minimum Gasteiger partial charge on any atom is -0.508 e. The number of para-hydroxylation sites is 1. The van der Waals surface area contributed by atoms with Crippen LogP contribution in [0.4, 0.5) is 34.9 Å². The van der Waals surface area contributed by atoms with Gasteiger partial charge in [-0.05, 0) is 60.7 Å². The zero-order valence-corrected chi connectivity index (χ0v) is 32.1. The third-order valence-electron chi connectivity index (χ3n) is 10.3. The topological polar surface area (TPSA) is 204 Å². The molecule has 0 atom stereocenters. The molecule has 17 nitrogen and oxygen atoms in total. The monoisotopic (exact) mass is 802 g/mol. The number of hydrogen-bond acceptors (Lipinski definition) is 15. The number of carbonyl (C=O) groups is 1. The van der Waals surface area contributed by atoms with Gasteiger partial charge in [0.25, 0.3) is 0 Å².